The number of urea groups is 1. The first kappa shape index (κ1) is 26.5. The lowest BCUT2D eigenvalue weighted by Gasteiger charge is -2.41. The summed E-state index contributed by atoms with van der Waals surface area (Å²) in [6.45, 7) is 6.74. The molecule has 204 valence electrons. The summed E-state index contributed by atoms with van der Waals surface area (Å²) >= 11 is 0. The fourth-order valence-corrected chi connectivity index (χ4v) is 6.23. The molecule has 5 rings (SSSR count). The van der Waals surface area contributed by atoms with Crippen molar-refractivity contribution in [3.8, 4) is 5.75 Å². The molecular weight excluding hydrogens is 478 g/mol. The van der Waals surface area contributed by atoms with Gasteiger partial charge >= 0.3 is 6.03 Å². The number of piperazine rings is 1. The number of ether oxygens (including phenoxy) is 1. The Hall–Kier alpha value is -3.13. The lowest BCUT2D eigenvalue weighted by molar-refractivity contribution is 0.0521. The van der Waals surface area contributed by atoms with Crippen molar-refractivity contribution >= 4 is 17.6 Å². The monoisotopic (exact) mass is 519 g/mol. The number of nitrogens with one attached hydrogen (secondary N) is 1. The van der Waals surface area contributed by atoms with Crippen molar-refractivity contribution in [3.63, 3.8) is 0 Å². The third-order valence-electron chi connectivity index (χ3n) is 8.48. The highest BCUT2D eigenvalue weighted by atomic mass is 16.5. The lowest BCUT2D eigenvalue weighted by atomic mass is 9.89. The third kappa shape index (κ3) is 6.12. The molecule has 1 saturated carbocycles. The minimum atomic E-state index is -0.110. The van der Waals surface area contributed by atoms with Gasteiger partial charge in [-0.1, -0.05) is 25.3 Å². The number of likely N-dealkylation sites (tertiary alicyclic amines) is 1. The van der Waals surface area contributed by atoms with E-state index >= 15 is 0 Å². The zero-order valence-corrected chi connectivity index (χ0v) is 22.8. The molecule has 3 aliphatic rings. The van der Waals surface area contributed by atoms with E-state index in [1.165, 1.54) is 32.1 Å². The van der Waals surface area contributed by atoms with Gasteiger partial charge in [-0.2, -0.15) is 0 Å². The summed E-state index contributed by atoms with van der Waals surface area (Å²) in [7, 11) is 1.61. The van der Waals surface area contributed by atoms with Gasteiger partial charge in [-0.25, -0.2) is 4.79 Å². The number of hydrogen-bond donors (Lipinski definition) is 1. The smallest absolute Gasteiger partial charge is 0.321 e. The first-order valence-corrected chi connectivity index (χ1v) is 14.2. The Labute approximate surface area is 226 Å². The van der Waals surface area contributed by atoms with Crippen LogP contribution in [-0.2, 0) is 0 Å². The lowest BCUT2D eigenvalue weighted by Crippen LogP contribution is -2.52. The van der Waals surface area contributed by atoms with Crippen molar-refractivity contribution in [3.05, 3.63) is 53.3 Å². The van der Waals surface area contributed by atoms with Crippen LogP contribution in [0.25, 0.3) is 0 Å². The third-order valence-corrected chi connectivity index (χ3v) is 8.48. The fraction of sp³-hybridized carbons (Fsp3) is 0.567. The van der Waals surface area contributed by atoms with Crippen molar-refractivity contribution < 1.29 is 14.3 Å². The zero-order chi connectivity index (χ0) is 26.5. The molecule has 0 unspecified atom stereocenters. The number of anilines is 1. The van der Waals surface area contributed by atoms with E-state index in [-0.39, 0.29) is 17.9 Å². The summed E-state index contributed by atoms with van der Waals surface area (Å²) in [4.78, 5) is 37.9. The highest BCUT2D eigenvalue weighted by Gasteiger charge is 2.32. The van der Waals surface area contributed by atoms with E-state index in [1.54, 1.807) is 7.11 Å². The Morgan fingerprint density at radius 2 is 1.63 bits per heavy atom. The van der Waals surface area contributed by atoms with Crippen LogP contribution in [0.1, 0.15) is 72.6 Å². The molecule has 0 radical (unpaired) electrons. The van der Waals surface area contributed by atoms with Crippen LogP contribution in [0.3, 0.4) is 0 Å². The van der Waals surface area contributed by atoms with Gasteiger partial charge in [0.2, 0.25) is 0 Å². The van der Waals surface area contributed by atoms with Crippen molar-refractivity contribution in [1.82, 2.24) is 19.7 Å². The number of amides is 3. The second-order valence-corrected chi connectivity index (χ2v) is 10.9. The summed E-state index contributed by atoms with van der Waals surface area (Å²) in [6, 6.07) is 11.9. The molecule has 3 fully saturated rings. The van der Waals surface area contributed by atoms with Crippen LogP contribution in [0.4, 0.5) is 10.5 Å². The predicted molar refractivity (Wildman–Crippen MR) is 149 cm³/mol. The summed E-state index contributed by atoms with van der Waals surface area (Å²) in [6.07, 6.45) is 8.22. The molecule has 1 aromatic carbocycles. The van der Waals surface area contributed by atoms with Crippen LogP contribution in [0, 0.1) is 6.92 Å². The number of aryl methyl sites for hydroxylation is 1. The van der Waals surface area contributed by atoms with Gasteiger partial charge in [0, 0.05) is 68.7 Å². The molecule has 3 amide bonds. The molecule has 0 spiro atoms. The predicted octanol–water partition coefficient (Wildman–Crippen LogP) is 4.90. The summed E-state index contributed by atoms with van der Waals surface area (Å²) in [5.41, 5.74) is 3.28. The van der Waals surface area contributed by atoms with Crippen molar-refractivity contribution in [2.75, 3.05) is 51.7 Å². The molecule has 2 aromatic rings. The van der Waals surface area contributed by atoms with Gasteiger partial charge in [-0.05, 0) is 56.9 Å². The van der Waals surface area contributed by atoms with Crippen LogP contribution in [0.15, 0.2) is 36.4 Å². The van der Waals surface area contributed by atoms with Crippen LogP contribution in [0.2, 0.25) is 0 Å². The zero-order valence-electron chi connectivity index (χ0n) is 22.8. The van der Waals surface area contributed by atoms with Gasteiger partial charge in [0.15, 0.2) is 0 Å². The minimum absolute atomic E-state index is 0.106. The highest BCUT2D eigenvalue weighted by molar-refractivity contribution is 5.95. The highest BCUT2D eigenvalue weighted by Crippen LogP contribution is 2.31. The first-order valence-electron chi connectivity index (χ1n) is 14.2. The number of piperidine rings is 1. The molecule has 1 N–H and O–H groups in total. The van der Waals surface area contributed by atoms with Crippen molar-refractivity contribution in [1.29, 1.82) is 0 Å². The van der Waals surface area contributed by atoms with E-state index in [0.29, 0.717) is 30.6 Å². The average Bonchev–Trinajstić information content (AvgIpc) is 2.97. The first-order chi connectivity index (χ1) is 18.5. The number of aromatic nitrogens is 1. The number of carbonyl (C=O) groups excluding carboxylic acids is 2. The number of rotatable bonds is 5. The van der Waals surface area contributed by atoms with E-state index in [9.17, 15) is 9.59 Å². The SMILES string of the molecule is COc1cccc(NC(=O)N2CCC(c3nc(C)ccc3C(=O)N3CCN(C4CCCCC4)CC3)CC2)c1. The fourth-order valence-electron chi connectivity index (χ4n) is 6.23. The molecule has 8 heteroatoms. The summed E-state index contributed by atoms with van der Waals surface area (Å²) in [5, 5.41) is 2.98. The molecule has 2 saturated heterocycles. The summed E-state index contributed by atoms with van der Waals surface area (Å²) in [5.74, 6) is 0.979. The Morgan fingerprint density at radius 1 is 0.895 bits per heavy atom. The number of nitrogens with zero attached hydrogens (tertiary/aromatic N) is 4. The van der Waals surface area contributed by atoms with Crippen LogP contribution in [0.5, 0.6) is 5.75 Å². The Balaban J connectivity index is 1.19. The topological polar surface area (TPSA) is 78.0 Å². The molecule has 2 aliphatic heterocycles. The molecule has 3 heterocycles. The van der Waals surface area contributed by atoms with E-state index in [1.807, 2.05) is 53.1 Å². The maximum Gasteiger partial charge on any atom is 0.321 e. The van der Waals surface area contributed by atoms with Gasteiger partial charge in [0.05, 0.1) is 18.4 Å². The molecule has 38 heavy (non-hydrogen) atoms. The normalized spacial score (nSPS) is 19.8. The van der Waals surface area contributed by atoms with Gasteiger partial charge in [-0.3, -0.25) is 14.7 Å². The maximum absolute atomic E-state index is 13.7. The van der Waals surface area contributed by atoms with E-state index < -0.39 is 0 Å². The minimum Gasteiger partial charge on any atom is -0.497 e. The number of hydrogen-bond acceptors (Lipinski definition) is 5. The summed E-state index contributed by atoms with van der Waals surface area (Å²) < 4.78 is 5.26. The van der Waals surface area contributed by atoms with E-state index in [2.05, 4.69) is 10.2 Å². The van der Waals surface area contributed by atoms with Crippen LogP contribution in [-0.4, -0.2) is 84.0 Å². The molecule has 0 bridgehead atoms. The molecule has 1 aliphatic carbocycles. The van der Waals surface area contributed by atoms with Gasteiger partial charge in [0.25, 0.3) is 5.91 Å². The van der Waals surface area contributed by atoms with E-state index in [0.717, 1.165) is 56.0 Å². The average molecular weight is 520 g/mol. The number of pyridine rings is 1. The Bertz CT molecular complexity index is 1120. The molecule has 1 aromatic heterocycles. The Kier molecular flexibility index (Phi) is 8.47. The van der Waals surface area contributed by atoms with Crippen molar-refractivity contribution in [2.24, 2.45) is 0 Å². The maximum atomic E-state index is 13.7. The van der Waals surface area contributed by atoms with Crippen LogP contribution < -0.4 is 10.1 Å². The van der Waals surface area contributed by atoms with Gasteiger partial charge < -0.3 is 19.9 Å². The molecule has 8 nitrogen and oxygen atoms in total. The van der Waals surface area contributed by atoms with Crippen LogP contribution >= 0.6 is 0 Å². The van der Waals surface area contributed by atoms with Gasteiger partial charge in [0.1, 0.15) is 5.75 Å². The number of carbonyl (C=O) groups is 2. The van der Waals surface area contributed by atoms with Gasteiger partial charge in [-0.15, -0.1) is 0 Å². The standard InChI is InChI=1S/C30H41N5O3/c1-22-11-12-27(29(36)34-19-17-33(18-20-34)25-8-4-3-5-9-25)28(31-22)23-13-15-35(16-14-23)30(37)32-24-7-6-10-26(21-24)38-2/h6-7,10-12,21,23,25H,3-5,8-9,13-20H2,1-2H3,(H,32,37). The van der Waals surface area contributed by atoms with Crippen molar-refractivity contribution in [2.45, 2.75) is 63.8 Å². The van der Waals surface area contributed by atoms with E-state index in [4.69, 9.17) is 9.72 Å². The Morgan fingerprint density at radius 3 is 2.34 bits per heavy atom. The largest absolute Gasteiger partial charge is 0.497 e. The molecule has 0 atom stereocenters. The molecular formula is C30H41N5O3. The second-order valence-electron chi connectivity index (χ2n) is 10.9. The number of benzene rings is 1. The number of methoxy groups -OCH3 is 1. The second kappa shape index (κ2) is 12.2. The quantitative estimate of drug-likeness (QED) is 0.608.